The van der Waals surface area contributed by atoms with Crippen molar-refractivity contribution in [3.05, 3.63) is 24.0 Å². The summed E-state index contributed by atoms with van der Waals surface area (Å²) >= 11 is 0. The molecule has 0 aromatic heterocycles. The first-order valence-electron chi connectivity index (χ1n) is 6.62. The van der Waals surface area contributed by atoms with Gasteiger partial charge in [-0.2, -0.15) is 0 Å². The lowest BCUT2D eigenvalue weighted by atomic mass is 10.2. The number of carbonyl (C=O) groups is 1. The highest BCUT2D eigenvalue weighted by Crippen LogP contribution is 2.19. The third kappa shape index (κ3) is 5.69. The number of nitrogen functional groups attached to an aromatic ring is 1. The number of carbonyl (C=O) groups excluding carboxylic acids is 1. The number of hydrogen-bond acceptors (Lipinski definition) is 3. The number of hydrogen-bond donors (Lipinski definition) is 2. The SMILES string of the molecule is CCC(C)CS(=O)CCC(=O)Nc1ccc(F)cc1N. The van der Waals surface area contributed by atoms with Crippen LogP contribution in [0.4, 0.5) is 15.8 Å². The monoisotopic (exact) mass is 300 g/mol. The molecule has 2 atom stereocenters. The lowest BCUT2D eigenvalue weighted by Crippen LogP contribution is -2.18. The molecule has 1 aromatic rings. The molecule has 1 amide bonds. The van der Waals surface area contributed by atoms with Crippen molar-refractivity contribution in [2.75, 3.05) is 22.6 Å². The summed E-state index contributed by atoms with van der Waals surface area (Å²) in [5.41, 5.74) is 6.15. The van der Waals surface area contributed by atoms with E-state index in [1.807, 2.05) is 13.8 Å². The summed E-state index contributed by atoms with van der Waals surface area (Å²) in [6.45, 7) is 4.09. The van der Waals surface area contributed by atoms with Gasteiger partial charge in [0.05, 0.1) is 11.4 Å². The van der Waals surface area contributed by atoms with Crippen LogP contribution in [0.15, 0.2) is 18.2 Å². The number of anilines is 2. The van der Waals surface area contributed by atoms with Crippen LogP contribution in [0.5, 0.6) is 0 Å². The summed E-state index contributed by atoms with van der Waals surface area (Å²) < 4.78 is 24.6. The molecule has 0 saturated carbocycles. The van der Waals surface area contributed by atoms with Crippen LogP contribution < -0.4 is 11.1 Å². The van der Waals surface area contributed by atoms with Crippen molar-refractivity contribution in [2.24, 2.45) is 5.92 Å². The predicted octanol–water partition coefficient (Wildman–Crippen LogP) is 2.53. The second kappa shape index (κ2) is 7.99. The summed E-state index contributed by atoms with van der Waals surface area (Å²) in [7, 11) is -0.990. The van der Waals surface area contributed by atoms with Crippen molar-refractivity contribution >= 4 is 28.1 Å². The molecule has 112 valence electrons. The van der Waals surface area contributed by atoms with Gasteiger partial charge in [-0.1, -0.05) is 20.3 Å². The molecule has 0 aliphatic heterocycles. The molecule has 0 spiro atoms. The van der Waals surface area contributed by atoms with Gasteiger partial charge in [0.15, 0.2) is 0 Å². The fourth-order valence-corrected chi connectivity index (χ4v) is 3.04. The normalized spacial score (nSPS) is 13.8. The van der Waals surface area contributed by atoms with Crippen molar-refractivity contribution in [3.63, 3.8) is 0 Å². The van der Waals surface area contributed by atoms with Gasteiger partial charge in [0, 0.05) is 28.7 Å². The van der Waals surface area contributed by atoms with Crippen molar-refractivity contribution < 1.29 is 13.4 Å². The molecule has 0 aliphatic rings. The number of nitrogens with two attached hydrogens (primary N) is 1. The average molecular weight is 300 g/mol. The first kappa shape index (κ1) is 16.6. The number of rotatable bonds is 7. The minimum atomic E-state index is -0.990. The van der Waals surface area contributed by atoms with Crippen molar-refractivity contribution in [3.8, 4) is 0 Å². The molecule has 4 nitrogen and oxygen atoms in total. The van der Waals surface area contributed by atoms with Crippen molar-refractivity contribution in [1.82, 2.24) is 0 Å². The Bertz CT molecular complexity index is 494. The first-order chi connectivity index (χ1) is 9.42. The van der Waals surface area contributed by atoms with Gasteiger partial charge in [-0.05, 0) is 24.1 Å². The maximum Gasteiger partial charge on any atom is 0.225 e. The van der Waals surface area contributed by atoms with Gasteiger partial charge < -0.3 is 11.1 Å². The average Bonchev–Trinajstić information content (AvgIpc) is 2.39. The van der Waals surface area contributed by atoms with E-state index in [4.69, 9.17) is 5.73 Å². The first-order valence-corrected chi connectivity index (χ1v) is 8.11. The highest BCUT2D eigenvalue weighted by Gasteiger charge is 2.10. The molecule has 0 bridgehead atoms. The highest BCUT2D eigenvalue weighted by molar-refractivity contribution is 7.85. The summed E-state index contributed by atoms with van der Waals surface area (Å²) in [5.74, 6) is 0.627. The smallest absolute Gasteiger partial charge is 0.225 e. The standard InChI is InChI=1S/C14H21FN2O2S/c1-3-10(2)9-20(19)7-6-14(18)17-13-5-4-11(15)8-12(13)16/h4-5,8,10H,3,6-7,9,16H2,1-2H3,(H,17,18). The van der Waals surface area contributed by atoms with Gasteiger partial charge in [0.1, 0.15) is 5.82 Å². The molecular formula is C14H21FN2O2S. The molecule has 0 radical (unpaired) electrons. The van der Waals surface area contributed by atoms with Crippen LogP contribution >= 0.6 is 0 Å². The van der Waals surface area contributed by atoms with Gasteiger partial charge in [-0.3, -0.25) is 9.00 Å². The molecule has 1 rings (SSSR count). The van der Waals surface area contributed by atoms with E-state index in [0.29, 0.717) is 23.1 Å². The summed E-state index contributed by atoms with van der Waals surface area (Å²) in [6, 6.07) is 3.79. The molecule has 6 heteroatoms. The van der Waals surface area contributed by atoms with Gasteiger partial charge in [0.2, 0.25) is 5.91 Å². The molecular weight excluding hydrogens is 279 g/mol. The maximum atomic E-state index is 12.9. The van der Waals surface area contributed by atoms with Gasteiger partial charge in [-0.25, -0.2) is 4.39 Å². The Kier molecular flexibility index (Phi) is 6.64. The number of amides is 1. The van der Waals surface area contributed by atoms with E-state index >= 15 is 0 Å². The summed E-state index contributed by atoms with van der Waals surface area (Å²) in [4.78, 5) is 11.7. The Morgan fingerprint density at radius 3 is 2.80 bits per heavy atom. The van der Waals surface area contributed by atoms with Crippen LogP contribution in [0.1, 0.15) is 26.7 Å². The molecule has 20 heavy (non-hydrogen) atoms. The number of nitrogens with one attached hydrogen (secondary N) is 1. The molecule has 0 aliphatic carbocycles. The fraction of sp³-hybridized carbons (Fsp3) is 0.500. The minimum Gasteiger partial charge on any atom is -0.397 e. The third-order valence-electron chi connectivity index (χ3n) is 3.01. The zero-order valence-corrected chi connectivity index (χ0v) is 12.6. The van der Waals surface area contributed by atoms with Crippen LogP contribution in [-0.2, 0) is 15.6 Å². The zero-order chi connectivity index (χ0) is 15.1. The Morgan fingerprint density at radius 1 is 1.50 bits per heavy atom. The van der Waals surface area contributed by atoms with Gasteiger partial charge >= 0.3 is 0 Å². The van der Waals surface area contributed by atoms with E-state index in [1.54, 1.807) is 0 Å². The molecule has 0 fully saturated rings. The van der Waals surface area contributed by atoms with Gasteiger partial charge in [0.25, 0.3) is 0 Å². The molecule has 3 N–H and O–H groups in total. The quantitative estimate of drug-likeness (QED) is 0.760. The van der Waals surface area contributed by atoms with E-state index < -0.39 is 16.6 Å². The largest absolute Gasteiger partial charge is 0.397 e. The van der Waals surface area contributed by atoms with E-state index in [1.165, 1.54) is 12.1 Å². The minimum absolute atomic E-state index is 0.167. The second-order valence-electron chi connectivity index (χ2n) is 4.85. The fourth-order valence-electron chi connectivity index (χ4n) is 1.59. The Labute approximate surface area is 121 Å². The maximum absolute atomic E-state index is 12.9. The van der Waals surface area contributed by atoms with Crippen LogP contribution in [0.2, 0.25) is 0 Å². The van der Waals surface area contributed by atoms with E-state index in [2.05, 4.69) is 5.32 Å². The van der Waals surface area contributed by atoms with E-state index in [-0.39, 0.29) is 18.0 Å². The van der Waals surface area contributed by atoms with Crippen LogP contribution in [0.25, 0.3) is 0 Å². The van der Waals surface area contributed by atoms with Crippen LogP contribution in [0, 0.1) is 11.7 Å². The van der Waals surface area contributed by atoms with Crippen LogP contribution in [-0.4, -0.2) is 21.6 Å². The second-order valence-corrected chi connectivity index (χ2v) is 6.48. The van der Waals surface area contributed by atoms with Crippen LogP contribution in [0.3, 0.4) is 0 Å². The van der Waals surface area contributed by atoms with E-state index in [9.17, 15) is 13.4 Å². The zero-order valence-electron chi connectivity index (χ0n) is 11.8. The molecule has 0 saturated heterocycles. The van der Waals surface area contributed by atoms with Crippen molar-refractivity contribution in [1.29, 1.82) is 0 Å². The van der Waals surface area contributed by atoms with Crippen molar-refractivity contribution in [2.45, 2.75) is 26.7 Å². The number of halogens is 1. The Balaban J connectivity index is 2.42. The topological polar surface area (TPSA) is 72.2 Å². The number of benzene rings is 1. The predicted molar refractivity (Wildman–Crippen MR) is 81.4 cm³/mol. The lowest BCUT2D eigenvalue weighted by molar-refractivity contribution is -0.115. The molecule has 0 heterocycles. The molecule has 2 unspecified atom stereocenters. The van der Waals surface area contributed by atoms with E-state index in [0.717, 1.165) is 12.5 Å². The Morgan fingerprint density at radius 2 is 2.20 bits per heavy atom. The van der Waals surface area contributed by atoms with Gasteiger partial charge in [-0.15, -0.1) is 0 Å². The third-order valence-corrected chi connectivity index (χ3v) is 4.61. The lowest BCUT2D eigenvalue weighted by Gasteiger charge is -2.09. The summed E-state index contributed by atoms with van der Waals surface area (Å²) in [6.07, 6.45) is 1.14. The summed E-state index contributed by atoms with van der Waals surface area (Å²) in [5, 5.41) is 2.60. The molecule has 1 aromatic carbocycles. The Hall–Kier alpha value is -1.43. The highest BCUT2D eigenvalue weighted by atomic mass is 32.2.